The van der Waals surface area contributed by atoms with Crippen molar-refractivity contribution < 1.29 is 0 Å². The van der Waals surface area contributed by atoms with Crippen molar-refractivity contribution in [2.75, 3.05) is 4.90 Å². The minimum Gasteiger partial charge on any atom is -0.310 e. The van der Waals surface area contributed by atoms with Gasteiger partial charge in [-0.2, -0.15) is 0 Å². The lowest BCUT2D eigenvalue weighted by Crippen LogP contribution is -2.18. The van der Waals surface area contributed by atoms with Gasteiger partial charge in [-0.05, 0) is 139 Å². The fraction of sp³-hybridized carbons (Fsp3) is 0.0938. The van der Waals surface area contributed by atoms with E-state index in [-0.39, 0.29) is 10.8 Å². The van der Waals surface area contributed by atoms with Gasteiger partial charge in [-0.1, -0.05) is 179 Å². The Bertz CT molecular complexity index is 3750. The van der Waals surface area contributed by atoms with Gasteiger partial charge in [-0.3, -0.25) is 0 Å². The van der Waals surface area contributed by atoms with E-state index in [9.17, 15) is 0 Å². The molecule has 0 atom stereocenters. The van der Waals surface area contributed by atoms with Crippen LogP contribution < -0.4 is 4.90 Å². The lowest BCUT2D eigenvalue weighted by molar-refractivity contribution is 0.660. The Kier molecular flexibility index (Phi) is 8.33. The highest BCUT2D eigenvalue weighted by Crippen LogP contribution is 2.54. The number of anilines is 3. The van der Waals surface area contributed by atoms with Crippen molar-refractivity contribution in [3.8, 4) is 50.2 Å². The van der Waals surface area contributed by atoms with Gasteiger partial charge in [-0.15, -0.1) is 0 Å². The summed E-state index contributed by atoms with van der Waals surface area (Å²) in [5.74, 6) is 0. The molecule has 0 radical (unpaired) electrons. The maximum Gasteiger partial charge on any atom is 0.0541 e. The summed E-state index contributed by atoms with van der Waals surface area (Å²) in [6, 6.07) is 81.3. The Hall–Kier alpha value is -7.94. The molecule has 11 aromatic rings. The molecule has 2 nitrogen and oxygen atoms in total. The molecule has 0 saturated carbocycles. The molecule has 0 unspecified atom stereocenters. The predicted molar refractivity (Wildman–Crippen MR) is 279 cm³/mol. The maximum atomic E-state index is 2.46. The first-order valence-electron chi connectivity index (χ1n) is 23.3. The molecule has 0 N–H and O–H groups in total. The van der Waals surface area contributed by atoms with E-state index in [4.69, 9.17) is 0 Å². The lowest BCUT2D eigenvalue weighted by Gasteiger charge is -2.30. The Balaban J connectivity index is 0.908. The second-order valence-corrected chi connectivity index (χ2v) is 19.3. The predicted octanol–water partition coefficient (Wildman–Crippen LogP) is 17.4. The summed E-state index contributed by atoms with van der Waals surface area (Å²) < 4.78 is 2.44. The van der Waals surface area contributed by atoms with Crippen molar-refractivity contribution in [3.63, 3.8) is 0 Å². The maximum absolute atomic E-state index is 2.46. The van der Waals surface area contributed by atoms with E-state index in [1.807, 2.05) is 0 Å². The van der Waals surface area contributed by atoms with Crippen LogP contribution in [0.15, 0.2) is 218 Å². The molecule has 0 saturated heterocycles. The molecular formula is C64H48N2. The van der Waals surface area contributed by atoms with Crippen LogP contribution in [0, 0.1) is 0 Å². The number of rotatable bonds is 6. The molecule has 0 bridgehead atoms. The molecule has 2 aliphatic rings. The van der Waals surface area contributed by atoms with E-state index < -0.39 is 0 Å². The van der Waals surface area contributed by atoms with Gasteiger partial charge in [0.05, 0.1) is 16.7 Å². The highest BCUT2D eigenvalue weighted by molar-refractivity contribution is 6.12. The first-order valence-corrected chi connectivity index (χ1v) is 23.3. The number of aromatic nitrogens is 1. The zero-order valence-electron chi connectivity index (χ0n) is 37.7. The molecule has 0 spiro atoms. The number of hydrogen-bond donors (Lipinski definition) is 0. The van der Waals surface area contributed by atoms with Gasteiger partial charge in [0.2, 0.25) is 0 Å². The molecule has 13 rings (SSSR count). The Morgan fingerprint density at radius 3 is 1.58 bits per heavy atom. The van der Waals surface area contributed by atoms with Crippen LogP contribution in [0.5, 0.6) is 0 Å². The van der Waals surface area contributed by atoms with E-state index in [0.717, 1.165) is 17.1 Å². The summed E-state index contributed by atoms with van der Waals surface area (Å²) in [6.07, 6.45) is 0. The zero-order valence-corrected chi connectivity index (χ0v) is 37.7. The van der Waals surface area contributed by atoms with Crippen molar-refractivity contribution >= 4 is 49.6 Å². The Labute approximate surface area is 386 Å². The average Bonchev–Trinajstić information content (AvgIpc) is 3.90. The van der Waals surface area contributed by atoms with E-state index >= 15 is 0 Å². The topological polar surface area (TPSA) is 8.17 Å². The van der Waals surface area contributed by atoms with Crippen LogP contribution >= 0.6 is 0 Å². The molecule has 2 heteroatoms. The summed E-state index contributed by atoms with van der Waals surface area (Å²) in [6.45, 7) is 9.54. The smallest absolute Gasteiger partial charge is 0.0541 e. The summed E-state index contributed by atoms with van der Waals surface area (Å²) >= 11 is 0. The second kappa shape index (κ2) is 14.3. The Morgan fingerprint density at radius 2 is 0.818 bits per heavy atom. The molecule has 1 heterocycles. The second-order valence-electron chi connectivity index (χ2n) is 19.3. The van der Waals surface area contributed by atoms with Crippen LogP contribution in [0.2, 0.25) is 0 Å². The van der Waals surface area contributed by atoms with Gasteiger partial charge in [0.25, 0.3) is 0 Å². The lowest BCUT2D eigenvalue weighted by atomic mass is 9.81. The monoisotopic (exact) mass is 844 g/mol. The molecular weight excluding hydrogens is 797 g/mol. The van der Waals surface area contributed by atoms with E-state index in [1.54, 1.807) is 0 Å². The van der Waals surface area contributed by atoms with Gasteiger partial charge in [0.1, 0.15) is 0 Å². The first kappa shape index (κ1) is 38.5. The number of para-hydroxylation sites is 1. The van der Waals surface area contributed by atoms with Crippen LogP contribution in [0.25, 0.3) is 82.8 Å². The van der Waals surface area contributed by atoms with Crippen molar-refractivity contribution in [2.45, 2.75) is 38.5 Å². The van der Waals surface area contributed by atoms with E-state index in [0.29, 0.717) is 0 Å². The van der Waals surface area contributed by atoms with Crippen molar-refractivity contribution in [1.82, 2.24) is 4.57 Å². The van der Waals surface area contributed by atoms with Crippen LogP contribution in [0.1, 0.15) is 49.9 Å². The highest BCUT2D eigenvalue weighted by Gasteiger charge is 2.38. The van der Waals surface area contributed by atoms with Crippen molar-refractivity contribution in [3.05, 3.63) is 241 Å². The fourth-order valence-corrected chi connectivity index (χ4v) is 11.6. The SMILES string of the molecule is CC1(C)c2ccccc2-c2ccc(N(c3ccc(-c4ccccc4)cc3)c3ccc4c(c3)C(C)(C)c3cc(-c5ccc6c(c5)c5ccccc5n6-c5cccc6ccccc56)ccc3-4)cc21. The first-order chi connectivity index (χ1) is 32.2. The van der Waals surface area contributed by atoms with Gasteiger partial charge < -0.3 is 9.47 Å². The van der Waals surface area contributed by atoms with E-state index in [1.165, 1.54) is 105 Å². The largest absolute Gasteiger partial charge is 0.310 e. The molecule has 314 valence electrons. The molecule has 2 aliphatic carbocycles. The number of benzene rings is 10. The molecule has 0 amide bonds. The van der Waals surface area contributed by atoms with Crippen molar-refractivity contribution in [2.24, 2.45) is 0 Å². The highest BCUT2D eigenvalue weighted by atomic mass is 15.1. The Morgan fingerprint density at radius 1 is 0.318 bits per heavy atom. The number of hydrogen-bond acceptors (Lipinski definition) is 1. The van der Waals surface area contributed by atoms with Gasteiger partial charge >= 0.3 is 0 Å². The number of nitrogens with zero attached hydrogens (tertiary/aromatic N) is 2. The summed E-state index contributed by atoms with van der Waals surface area (Å²) in [7, 11) is 0. The minimum atomic E-state index is -0.227. The van der Waals surface area contributed by atoms with Crippen LogP contribution in [0.4, 0.5) is 17.1 Å². The van der Waals surface area contributed by atoms with Gasteiger partial charge in [0.15, 0.2) is 0 Å². The van der Waals surface area contributed by atoms with Crippen LogP contribution in [-0.2, 0) is 10.8 Å². The zero-order chi connectivity index (χ0) is 44.3. The molecule has 10 aromatic carbocycles. The molecule has 1 aromatic heterocycles. The molecule has 0 aliphatic heterocycles. The van der Waals surface area contributed by atoms with Crippen molar-refractivity contribution in [1.29, 1.82) is 0 Å². The van der Waals surface area contributed by atoms with Gasteiger partial charge in [0, 0.05) is 44.1 Å². The number of fused-ring (bicyclic) bond motifs is 10. The van der Waals surface area contributed by atoms with Crippen LogP contribution in [-0.4, -0.2) is 4.57 Å². The third-order valence-corrected chi connectivity index (χ3v) is 15.0. The van der Waals surface area contributed by atoms with E-state index in [2.05, 4.69) is 256 Å². The van der Waals surface area contributed by atoms with Gasteiger partial charge in [-0.25, -0.2) is 0 Å². The summed E-state index contributed by atoms with van der Waals surface area (Å²) in [4.78, 5) is 2.46. The third kappa shape index (κ3) is 5.67. The van der Waals surface area contributed by atoms with Crippen LogP contribution in [0.3, 0.4) is 0 Å². The summed E-state index contributed by atoms with van der Waals surface area (Å²) in [5.41, 5.74) is 22.4. The summed E-state index contributed by atoms with van der Waals surface area (Å²) in [5, 5.41) is 5.02. The minimum absolute atomic E-state index is 0.109. The standard InChI is InChI=1S/C64H48N2/c1-63(2)56-22-12-10-20-50(56)52-34-31-47(39-58(52)63)65(46-29-25-42(26-30-46)41-15-6-5-7-16-41)48-32-35-53-51-33-27-45(38-57(51)64(3,4)59(53)40-48)44-28-36-62-55(37-44)54-21-11-13-23-61(54)66(62)60-24-14-18-43-17-8-9-19-49(43)60/h5-40H,1-4H3. The molecule has 0 fully saturated rings. The average molecular weight is 845 g/mol. The third-order valence-electron chi connectivity index (χ3n) is 15.0. The normalized spacial score (nSPS) is 14.0. The fourth-order valence-electron chi connectivity index (χ4n) is 11.6. The quantitative estimate of drug-likeness (QED) is 0.162. The molecule has 66 heavy (non-hydrogen) atoms.